The van der Waals surface area contributed by atoms with Gasteiger partial charge in [-0.3, -0.25) is 0 Å². The van der Waals surface area contributed by atoms with Crippen molar-refractivity contribution in [2.75, 3.05) is 0 Å². The Morgan fingerprint density at radius 1 is 1.23 bits per heavy atom. The number of rotatable bonds is 2. The first kappa shape index (κ1) is 8.31. The van der Waals surface area contributed by atoms with Crippen LogP contribution >= 0.6 is 12.6 Å². The van der Waals surface area contributed by atoms with E-state index in [0.717, 1.165) is 11.3 Å². The number of hydrogen-bond donors (Lipinski definition) is 1. The fourth-order valence-electron chi connectivity index (χ4n) is 1.11. The van der Waals surface area contributed by atoms with Crippen LogP contribution in [0, 0.1) is 0 Å². The maximum atomic E-state index is 4.10. The van der Waals surface area contributed by atoms with Gasteiger partial charge in [0.15, 0.2) is 0 Å². The predicted octanol–water partition coefficient (Wildman–Crippen LogP) is 1.83. The molecule has 0 aliphatic carbocycles. The van der Waals surface area contributed by atoms with Gasteiger partial charge in [-0.25, -0.2) is 4.68 Å². The molecule has 0 saturated heterocycles. The molecule has 0 N–H and O–H groups in total. The second-order valence-corrected chi connectivity index (χ2v) is 2.93. The molecular weight excluding hydrogens is 182 g/mol. The smallest absolute Gasteiger partial charge is 0.113 e. The second-order valence-electron chi connectivity index (χ2n) is 2.65. The molecule has 0 bridgehead atoms. The maximum Gasteiger partial charge on any atom is 0.113 e. The van der Waals surface area contributed by atoms with Gasteiger partial charge in [0.2, 0.25) is 0 Å². The van der Waals surface area contributed by atoms with Crippen molar-refractivity contribution in [2.24, 2.45) is 0 Å². The van der Waals surface area contributed by atoms with Crippen molar-refractivity contribution in [3.8, 4) is 11.3 Å². The van der Waals surface area contributed by atoms with E-state index in [1.807, 2.05) is 36.5 Å². The Morgan fingerprint density at radius 3 is 2.62 bits per heavy atom. The lowest BCUT2D eigenvalue weighted by atomic mass is 10.2. The van der Waals surface area contributed by atoms with Gasteiger partial charge in [-0.1, -0.05) is 35.5 Å². The second kappa shape index (κ2) is 3.62. The summed E-state index contributed by atoms with van der Waals surface area (Å²) < 4.78 is 1.69. The van der Waals surface area contributed by atoms with Crippen LogP contribution in [-0.2, 0) is 5.88 Å². The van der Waals surface area contributed by atoms with Gasteiger partial charge in [0.25, 0.3) is 0 Å². The van der Waals surface area contributed by atoms with Crippen molar-refractivity contribution in [1.82, 2.24) is 15.0 Å². The number of nitrogens with zero attached hydrogens (tertiary/aromatic N) is 3. The monoisotopic (exact) mass is 191 g/mol. The number of aromatic nitrogens is 3. The van der Waals surface area contributed by atoms with Crippen molar-refractivity contribution < 1.29 is 0 Å². The van der Waals surface area contributed by atoms with Crippen LogP contribution in [-0.4, -0.2) is 15.0 Å². The van der Waals surface area contributed by atoms with E-state index in [1.165, 1.54) is 0 Å². The number of thiol groups is 1. The summed E-state index contributed by atoms with van der Waals surface area (Å²) in [6.45, 7) is 0. The minimum Gasteiger partial charge on any atom is -0.242 e. The largest absolute Gasteiger partial charge is 0.242 e. The summed E-state index contributed by atoms with van der Waals surface area (Å²) in [5.74, 6) is 0.555. The molecule has 2 rings (SSSR count). The Morgan fingerprint density at radius 2 is 2.00 bits per heavy atom. The van der Waals surface area contributed by atoms with Crippen LogP contribution in [0.3, 0.4) is 0 Å². The van der Waals surface area contributed by atoms with E-state index >= 15 is 0 Å². The molecule has 0 spiro atoms. The van der Waals surface area contributed by atoms with Gasteiger partial charge in [-0.15, -0.1) is 5.10 Å². The third-order valence-corrected chi connectivity index (χ3v) is 2.04. The zero-order valence-corrected chi connectivity index (χ0v) is 7.85. The molecule has 0 atom stereocenters. The highest BCUT2D eigenvalue weighted by molar-refractivity contribution is 7.79. The summed E-state index contributed by atoms with van der Waals surface area (Å²) in [7, 11) is 0. The Hall–Kier alpha value is -1.29. The summed E-state index contributed by atoms with van der Waals surface area (Å²) in [4.78, 5) is 0. The van der Waals surface area contributed by atoms with Crippen LogP contribution in [0.1, 0.15) is 0 Å². The van der Waals surface area contributed by atoms with Crippen LogP contribution in [0.2, 0.25) is 0 Å². The molecule has 0 aliphatic rings. The SMILES string of the molecule is SCn1cc(-c2ccccc2)nn1. The molecule has 1 heterocycles. The molecule has 66 valence electrons. The van der Waals surface area contributed by atoms with Gasteiger partial charge in [-0.05, 0) is 0 Å². The fourth-order valence-corrected chi connectivity index (χ4v) is 1.25. The van der Waals surface area contributed by atoms with Gasteiger partial charge in [0.05, 0.1) is 12.1 Å². The molecule has 0 aliphatic heterocycles. The fraction of sp³-hybridized carbons (Fsp3) is 0.111. The van der Waals surface area contributed by atoms with E-state index in [0.29, 0.717) is 5.88 Å². The molecular formula is C9H9N3S. The lowest BCUT2D eigenvalue weighted by Crippen LogP contribution is -1.91. The van der Waals surface area contributed by atoms with E-state index in [2.05, 4.69) is 22.9 Å². The lowest BCUT2D eigenvalue weighted by Gasteiger charge is -1.92. The molecule has 0 radical (unpaired) electrons. The summed E-state index contributed by atoms with van der Waals surface area (Å²) in [5, 5.41) is 7.92. The predicted molar refractivity (Wildman–Crippen MR) is 54.4 cm³/mol. The van der Waals surface area contributed by atoms with E-state index in [-0.39, 0.29) is 0 Å². The van der Waals surface area contributed by atoms with Crippen molar-refractivity contribution in [1.29, 1.82) is 0 Å². The van der Waals surface area contributed by atoms with Crippen LogP contribution < -0.4 is 0 Å². The van der Waals surface area contributed by atoms with Gasteiger partial charge in [-0.2, -0.15) is 12.6 Å². The highest BCUT2D eigenvalue weighted by Crippen LogP contribution is 2.14. The third kappa shape index (κ3) is 1.72. The molecule has 4 heteroatoms. The normalized spacial score (nSPS) is 10.2. The summed E-state index contributed by atoms with van der Waals surface area (Å²) >= 11 is 4.10. The summed E-state index contributed by atoms with van der Waals surface area (Å²) in [6.07, 6.45) is 1.88. The van der Waals surface area contributed by atoms with Gasteiger partial charge in [0, 0.05) is 5.56 Å². The lowest BCUT2D eigenvalue weighted by molar-refractivity contribution is 0.704. The Bertz CT molecular complexity index is 383. The topological polar surface area (TPSA) is 30.7 Å². The van der Waals surface area contributed by atoms with Gasteiger partial charge >= 0.3 is 0 Å². The van der Waals surface area contributed by atoms with E-state index in [9.17, 15) is 0 Å². The minimum absolute atomic E-state index is 0.555. The third-order valence-electron chi connectivity index (χ3n) is 1.75. The standard InChI is InChI=1S/C9H9N3S/c13-7-12-6-9(10-11-12)8-4-2-1-3-5-8/h1-6,13H,7H2. The first-order valence-electron chi connectivity index (χ1n) is 3.96. The quantitative estimate of drug-likeness (QED) is 0.734. The van der Waals surface area contributed by atoms with E-state index in [1.54, 1.807) is 4.68 Å². The molecule has 1 aromatic carbocycles. The summed E-state index contributed by atoms with van der Waals surface area (Å²) in [5.41, 5.74) is 1.96. The molecule has 3 nitrogen and oxygen atoms in total. The Balaban J connectivity index is 2.36. The number of benzene rings is 1. The van der Waals surface area contributed by atoms with Crippen LogP contribution in [0.15, 0.2) is 36.5 Å². The van der Waals surface area contributed by atoms with Crippen LogP contribution in [0.25, 0.3) is 11.3 Å². The molecule has 13 heavy (non-hydrogen) atoms. The van der Waals surface area contributed by atoms with Crippen molar-refractivity contribution in [2.45, 2.75) is 5.88 Å². The highest BCUT2D eigenvalue weighted by atomic mass is 32.1. The average Bonchev–Trinajstić information content (AvgIpc) is 2.67. The minimum atomic E-state index is 0.555. The molecule has 2 aromatic rings. The Kier molecular flexibility index (Phi) is 2.31. The maximum absolute atomic E-state index is 4.10. The zero-order chi connectivity index (χ0) is 9.10. The van der Waals surface area contributed by atoms with Gasteiger partial charge < -0.3 is 0 Å². The molecule has 0 fully saturated rings. The van der Waals surface area contributed by atoms with E-state index in [4.69, 9.17) is 0 Å². The molecule has 1 aromatic heterocycles. The summed E-state index contributed by atoms with van der Waals surface area (Å²) in [6, 6.07) is 9.95. The first-order chi connectivity index (χ1) is 6.40. The van der Waals surface area contributed by atoms with Crippen molar-refractivity contribution in [3.05, 3.63) is 36.5 Å². The molecule has 0 saturated carbocycles. The number of hydrogen-bond acceptors (Lipinski definition) is 3. The van der Waals surface area contributed by atoms with Crippen LogP contribution in [0.5, 0.6) is 0 Å². The first-order valence-corrected chi connectivity index (χ1v) is 4.60. The molecule has 0 amide bonds. The van der Waals surface area contributed by atoms with Crippen LogP contribution in [0.4, 0.5) is 0 Å². The molecule has 0 unspecified atom stereocenters. The Labute approximate surface area is 81.8 Å². The average molecular weight is 191 g/mol. The highest BCUT2D eigenvalue weighted by Gasteiger charge is 2.00. The van der Waals surface area contributed by atoms with Crippen molar-refractivity contribution in [3.63, 3.8) is 0 Å². The van der Waals surface area contributed by atoms with Crippen molar-refractivity contribution >= 4 is 12.6 Å². The van der Waals surface area contributed by atoms with E-state index < -0.39 is 0 Å². The zero-order valence-electron chi connectivity index (χ0n) is 6.96. The van der Waals surface area contributed by atoms with Gasteiger partial charge in [0.1, 0.15) is 5.69 Å².